The first kappa shape index (κ1) is 21.7. The molecule has 4 rings (SSSR count). The van der Waals surface area contributed by atoms with Crippen molar-refractivity contribution in [2.24, 2.45) is 0 Å². The topological polar surface area (TPSA) is 113 Å². The highest BCUT2D eigenvalue weighted by Crippen LogP contribution is 2.25. The third kappa shape index (κ3) is 4.87. The number of aromatic nitrogens is 2. The molecule has 0 saturated carbocycles. The minimum atomic E-state index is -1.27. The Balaban J connectivity index is 1.51. The molecule has 0 unspecified atom stereocenters. The molecular formula is C24H19FN4O4. The lowest BCUT2D eigenvalue weighted by atomic mass is 10.1. The number of nitrogens with one attached hydrogen (secondary N) is 2. The standard InChI is InChI=1S/C24H19FN4O4/c1-33-18-7-5-15(6-8-18)23(30)29-17-4-2-3-14(9-17)12-26-22-19-10-16(25)11-20(24(31)32)21(19)27-13-28-22/h2-11,13H,12H2,1H3,(H,29,30)(H,31,32)(H,26,27,28). The van der Waals surface area contributed by atoms with Gasteiger partial charge in [-0.3, -0.25) is 4.79 Å². The van der Waals surface area contributed by atoms with Gasteiger partial charge in [-0.25, -0.2) is 19.2 Å². The Bertz CT molecular complexity index is 1340. The number of fused-ring (bicyclic) bond motifs is 1. The predicted molar refractivity (Wildman–Crippen MR) is 121 cm³/mol. The van der Waals surface area contributed by atoms with Gasteiger partial charge in [0.05, 0.1) is 18.2 Å². The van der Waals surface area contributed by atoms with E-state index in [1.165, 1.54) is 12.4 Å². The summed E-state index contributed by atoms with van der Waals surface area (Å²) < 4.78 is 19.1. The second-order valence-electron chi connectivity index (χ2n) is 7.11. The van der Waals surface area contributed by atoms with Crippen LogP contribution in [0.1, 0.15) is 26.3 Å². The lowest BCUT2D eigenvalue weighted by Gasteiger charge is -2.11. The second kappa shape index (κ2) is 9.31. The van der Waals surface area contributed by atoms with E-state index in [2.05, 4.69) is 20.6 Å². The Morgan fingerprint density at radius 1 is 1.06 bits per heavy atom. The number of carboxylic acids is 1. The van der Waals surface area contributed by atoms with Gasteiger partial charge in [0.1, 0.15) is 23.7 Å². The molecule has 3 N–H and O–H groups in total. The van der Waals surface area contributed by atoms with Crippen LogP contribution in [0.3, 0.4) is 0 Å². The minimum Gasteiger partial charge on any atom is -0.497 e. The molecule has 0 fully saturated rings. The van der Waals surface area contributed by atoms with E-state index < -0.39 is 11.8 Å². The van der Waals surface area contributed by atoms with Crippen molar-refractivity contribution in [2.45, 2.75) is 6.54 Å². The fourth-order valence-electron chi connectivity index (χ4n) is 3.33. The van der Waals surface area contributed by atoms with Gasteiger partial charge in [-0.2, -0.15) is 0 Å². The fraction of sp³-hybridized carbons (Fsp3) is 0.0833. The number of nitrogens with zero attached hydrogens (tertiary/aromatic N) is 2. The molecular weight excluding hydrogens is 427 g/mol. The number of hydrogen-bond donors (Lipinski definition) is 3. The zero-order chi connectivity index (χ0) is 23.4. The Kier molecular flexibility index (Phi) is 6.12. The van der Waals surface area contributed by atoms with Gasteiger partial charge in [-0.05, 0) is 54.1 Å². The number of benzene rings is 3. The van der Waals surface area contributed by atoms with Crippen LogP contribution in [0.5, 0.6) is 5.75 Å². The number of carboxylic acid groups (broad SMARTS) is 1. The van der Waals surface area contributed by atoms with Crippen LogP contribution in [0.4, 0.5) is 15.9 Å². The number of ether oxygens (including phenoxy) is 1. The molecule has 3 aromatic carbocycles. The van der Waals surface area contributed by atoms with Crippen molar-refractivity contribution < 1.29 is 23.8 Å². The first-order chi connectivity index (χ1) is 15.9. The van der Waals surface area contributed by atoms with Crippen LogP contribution in [-0.2, 0) is 6.54 Å². The van der Waals surface area contributed by atoms with Crippen molar-refractivity contribution in [1.29, 1.82) is 0 Å². The summed E-state index contributed by atoms with van der Waals surface area (Å²) in [4.78, 5) is 32.0. The SMILES string of the molecule is COc1ccc(C(=O)Nc2cccc(CNc3ncnc4c(C(=O)O)cc(F)cc34)c2)cc1. The molecule has 1 aromatic heterocycles. The second-order valence-corrected chi connectivity index (χ2v) is 7.11. The summed E-state index contributed by atoms with van der Waals surface area (Å²) in [6.07, 6.45) is 1.22. The maximum absolute atomic E-state index is 14.0. The number of carbonyl (C=O) groups excluding carboxylic acids is 1. The van der Waals surface area contributed by atoms with E-state index in [9.17, 15) is 19.1 Å². The molecule has 33 heavy (non-hydrogen) atoms. The number of methoxy groups -OCH3 is 1. The highest BCUT2D eigenvalue weighted by atomic mass is 19.1. The zero-order valence-corrected chi connectivity index (χ0v) is 17.5. The van der Waals surface area contributed by atoms with Gasteiger partial charge in [0.25, 0.3) is 5.91 Å². The Morgan fingerprint density at radius 2 is 1.85 bits per heavy atom. The molecule has 4 aromatic rings. The van der Waals surface area contributed by atoms with E-state index >= 15 is 0 Å². The molecule has 166 valence electrons. The maximum atomic E-state index is 14.0. The highest BCUT2D eigenvalue weighted by molar-refractivity contribution is 6.05. The molecule has 0 radical (unpaired) electrons. The van der Waals surface area contributed by atoms with Gasteiger partial charge in [0, 0.05) is 23.2 Å². The van der Waals surface area contributed by atoms with Crippen molar-refractivity contribution in [3.63, 3.8) is 0 Å². The highest BCUT2D eigenvalue weighted by Gasteiger charge is 2.15. The maximum Gasteiger partial charge on any atom is 0.338 e. The summed E-state index contributed by atoms with van der Waals surface area (Å²) in [5.41, 5.74) is 1.81. The average molecular weight is 446 g/mol. The van der Waals surface area contributed by atoms with E-state index in [1.807, 2.05) is 6.07 Å². The van der Waals surface area contributed by atoms with E-state index in [0.717, 1.165) is 11.6 Å². The minimum absolute atomic E-state index is 0.141. The van der Waals surface area contributed by atoms with Crippen molar-refractivity contribution in [3.8, 4) is 5.75 Å². The third-order valence-corrected chi connectivity index (χ3v) is 4.93. The van der Waals surface area contributed by atoms with Gasteiger partial charge < -0.3 is 20.5 Å². The van der Waals surface area contributed by atoms with E-state index in [0.29, 0.717) is 29.4 Å². The van der Waals surface area contributed by atoms with Crippen LogP contribution < -0.4 is 15.4 Å². The molecule has 0 atom stereocenters. The summed E-state index contributed by atoms with van der Waals surface area (Å²) in [6, 6.07) is 16.1. The van der Waals surface area contributed by atoms with Gasteiger partial charge in [-0.15, -0.1) is 0 Å². The summed E-state index contributed by atoms with van der Waals surface area (Å²) in [7, 11) is 1.56. The van der Waals surface area contributed by atoms with E-state index in [1.54, 1.807) is 49.6 Å². The molecule has 0 aliphatic heterocycles. The van der Waals surface area contributed by atoms with Gasteiger partial charge >= 0.3 is 5.97 Å². The number of carbonyl (C=O) groups is 2. The molecule has 0 spiro atoms. The Hall–Kier alpha value is -4.53. The number of anilines is 2. The third-order valence-electron chi connectivity index (χ3n) is 4.93. The molecule has 0 aliphatic rings. The zero-order valence-electron chi connectivity index (χ0n) is 17.5. The van der Waals surface area contributed by atoms with Crippen molar-refractivity contribution in [1.82, 2.24) is 9.97 Å². The Morgan fingerprint density at radius 3 is 2.58 bits per heavy atom. The van der Waals surface area contributed by atoms with E-state index in [-0.39, 0.29) is 22.4 Å². The lowest BCUT2D eigenvalue weighted by molar-refractivity contribution is 0.0698. The quantitative estimate of drug-likeness (QED) is 0.387. The number of aromatic carboxylic acids is 1. The molecule has 8 nitrogen and oxygen atoms in total. The van der Waals surface area contributed by atoms with Crippen LogP contribution in [0.2, 0.25) is 0 Å². The summed E-state index contributed by atoms with van der Waals surface area (Å²) in [5, 5.41) is 15.5. The number of hydrogen-bond acceptors (Lipinski definition) is 6. The summed E-state index contributed by atoms with van der Waals surface area (Å²) in [5.74, 6) is -1.27. The number of rotatable bonds is 7. The van der Waals surface area contributed by atoms with Crippen LogP contribution in [0, 0.1) is 5.82 Å². The predicted octanol–water partition coefficient (Wildman–Crippen LogP) is 4.34. The fourth-order valence-corrected chi connectivity index (χ4v) is 3.33. The molecule has 0 bridgehead atoms. The normalized spacial score (nSPS) is 10.6. The smallest absolute Gasteiger partial charge is 0.338 e. The molecule has 9 heteroatoms. The van der Waals surface area contributed by atoms with Crippen molar-refractivity contribution >= 4 is 34.3 Å². The van der Waals surface area contributed by atoms with Crippen LogP contribution in [-0.4, -0.2) is 34.1 Å². The van der Waals surface area contributed by atoms with Crippen LogP contribution >= 0.6 is 0 Å². The first-order valence-electron chi connectivity index (χ1n) is 9.90. The number of amides is 1. The molecule has 1 amide bonds. The Labute approximate surface area is 188 Å². The van der Waals surface area contributed by atoms with Crippen LogP contribution in [0.25, 0.3) is 10.9 Å². The van der Waals surface area contributed by atoms with E-state index in [4.69, 9.17) is 4.74 Å². The number of halogens is 1. The summed E-state index contributed by atoms with van der Waals surface area (Å²) >= 11 is 0. The molecule has 0 saturated heterocycles. The van der Waals surface area contributed by atoms with Crippen molar-refractivity contribution in [2.75, 3.05) is 17.7 Å². The lowest BCUT2D eigenvalue weighted by Crippen LogP contribution is -2.12. The first-order valence-corrected chi connectivity index (χ1v) is 9.90. The van der Waals surface area contributed by atoms with Gasteiger partial charge in [-0.1, -0.05) is 12.1 Å². The summed E-state index contributed by atoms with van der Waals surface area (Å²) in [6.45, 7) is 0.303. The van der Waals surface area contributed by atoms with Crippen molar-refractivity contribution in [3.05, 3.63) is 89.5 Å². The largest absolute Gasteiger partial charge is 0.497 e. The molecule has 1 heterocycles. The van der Waals surface area contributed by atoms with Gasteiger partial charge in [0.15, 0.2) is 0 Å². The van der Waals surface area contributed by atoms with Gasteiger partial charge in [0.2, 0.25) is 0 Å². The monoisotopic (exact) mass is 446 g/mol. The average Bonchev–Trinajstić information content (AvgIpc) is 2.82. The van der Waals surface area contributed by atoms with Crippen LogP contribution in [0.15, 0.2) is 67.0 Å². The molecule has 0 aliphatic carbocycles.